The Kier molecular flexibility index (Phi) is 4.42. The maximum absolute atomic E-state index is 12.7. The number of fused-ring (bicyclic) bond motifs is 5. The fourth-order valence-corrected chi connectivity index (χ4v) is 4.72. The predicted octanol–water partition coefficient (Wildman–Crippen LogP) is 4.17. The van der Waals surface area contributed by atoms with E-state index in [9.17, 15) is 4.79 Å². The summed E-state index contributed by atoms with van der Waals surface area (Å²) < 4.78 is 3.20. The molecule has 0 spiro atoms. The van der Waals surface area contributed by atoms with Crippen LogP contribution in [0.3, 0.4) is 0 Å². The molecule has 29 heavy (non-hydrogen) atoms. The zero-order chi connectivity index (χ0) is 20.1. The molecule has 0 bridgehead atoms. The van der Waals surface area contributed by atoms with Gasteiger partial charge in [0.1, 0.15) is 5.65 Å². The average molecular weight is 497 g/mol. The van der Waals surface area contributed by atoms with E-state index in [2.05, 4.69) is 44.4 Å². The third kappa shape index (κ3) is 2.87. The van der Waals surface area contributed by atoms with Crippen LogP contribution in [0, 0.1) is 5.92 Å². The number of anilines is 1. The number of nitrogens with zero attached hydrogens (tertiary/aromatic N) is 4. The van der Waals surface area contributed by atoms with Gasteiger partial charge in [0.05, 0.1) is 16.6 Å². The standard InChI is InChI=1S/C22H20IN5O/c1-13(23)14-8-10-27(12-14)18-7-9-25-20-15(18)11-16(22(29)24-2)21-26-17-5-3-4-6-19(17)28(20)21/h3-7,9,11,14H,1,8,10,12H2,2H3,(H,24,29). The third-order valence-corrected chi connectivity index (χ3v) is 6.57. The molecule has 1 saturated heterocycles. The highest BCUT2D eigenvalue weighted by molar-refractivity contribution is 14.1. The lowest BCUT2D eigenvalue weighted by Gasteiger charge is -2.21. The number of amides is 1. The number of rotatable bonds is 3. The van der Waals surface area contributed by atoms with Crippen LogP contribution in [0.5, 0.6) is 0 Å². The third-order valence-electron chi connectivity index (χ3n) is 5.69. The molecular formula is C22H20IN5O. The van der Waals surface area contributed by atoms with E-state index in [1.165, 1.54) is 3.58 Å². The van der Waals surface area contributed by atoms with Crippen molar-refractivity contribution in [3.63, 3.8) is 0 Å². The quantitative estimate of drug-likeness (QED) is 0.432. The molecule has 1 aliphatic rings. The maximum Gasteiger partial charge on any atom is 0.254 e. The number of para-hydroxylation sites is 2. The molecule has 1 N–H and O–H groups in total. The summed E-state index contributed by atoms with van der Waals surface area (Å²) in [6.45, 7) is 6.02. The SMILES string of the molecule is C=C(I)C1CCN(c2ccnc3c2cc(C(=O)NC)c2nc4ccccc4n23)C1. The smallest absolute Gasteiger partial charge is 0.254 e. The number of aromatic nitrogens is 3. The van der Waals surface area contributed by atoms with Gasteiger partial charge in [-0.1, -0.05) is 18.7 Å². The van der Waals surface area contributed by atoms with Crippen molar-refractivity contribution in [2.45, 2.75) is 6.42 Å². The molecule has 1 atom stereocenters. The highest BCUT2D eigenvalue weighted by Crippen LogP contribution is 2.35. The van der Waals surface area contributed by atoms with Gasteiger partial charge >= 0.3 is 0 Å². The summed E-state index contributed by atoms with van der Waals surface area (Å²) in [6.07, 6.45) is 2.93. The second-order valence-corrected chi connectivity index (χ2v) is 8.73. The number of nitrogens with one attached hydrogen (secondary N) is 1. The monoisotopic (exact) mass is 497 g/mol. The van der Waals surface area contributed by atoms with Gasteiger partial charge < -0.3 is 10.2 Å². The highest BCUT2D eigenvalue weighted by atomic mass is 127. The van der Waals surface area contributed by atoms with Crippen LogP contribution < -0.4 is 10.2 Å². The van der Waals surface area contributed by atoms with Gasteiger partial charge in [-0.25, -0.2) is 9.97 Å². The Balaban J connectivity index is 1.83. The molecule has 0 saturated carbocycles. The molecule has 146 valence electrons. The largest absolute Gasteiger partial charge is 0.370 e. The first kappa shape index (κ1) is 18.4. The van der Waals surface area contributed by atoms with E-state index in [0.29, 0.717) is 17.1 Å². The predicted molar refractivity (Wildman–Crippen MR) is 125 cm³/mol. The molecule has 6 nitrogen and oxygen atoms in total. The molecule has 4 aromatic rings. The summed E-state index contributed by atoms with van der Waals surface area (Å²) in [6, 6.07) is 11.9. The minimum Gasteiger partial charge on any atom is -0.370 e. The zero-order valence-electron chi connectivity index (χ0n) is 16.0. The lowest BCUT2D eigenvalue weighted by Crippen LogP contribution is -2.21. The number of pyridine rings is 2. The van der Waals surface area contributed by atoms with E-state index in [-0.39, 0.29) is 5.91 Å². The fourth-order valence-electron chi connectivity index (χ4n) is 4.21. The number of imidazole rings is 1. The molecule has 4 heterocycles. The van der Waals surface area contributed by atoms with Crippen LogP contribution in [0.1, 0.15) is 16.8 Å². The minimum absolute atomic E-state index is 0.151. The van der Waals surface area contributed by atoms with E-state index in [1.54, 1.807) is 7.05 Å². The van der Waals surface area contributed by atoms with Gasteiger partial charge in [-0.3, -0.25) is 9.20 Å². The van der Waals surface area contributed by atoms with Crippen LogP contribution in [0.25, 0.3) is 27.7 Å². The Morgan fingerprint density at radius 2 is 2.10 bits per heavy atom. The fraction of sp³-hybridized carbons (Fsp3) is 0.227. The van der Waals surface area contributed by atoms with E-state index >= 15 is 0 Å². The van der Waals surface area contributed by atoms with Gasteiger partial charge in [0.15, 0.2) is 5.65 Å². The minimum atomic E-state index is -0.151. The first-order valence-corrected chi connectivity index (χ1v) is 10.7. The van der Waals surface area contributed by atoms with Gasteiger partial charge in [-0.2, -0.15) is 0 Å². The molecule has 1 unspecified atom stereocenters. The van der Waals surface area contributed by atoms with Gasteiger partial charge in [0, 0.05) is 43.3 Å². The van der Waals surface area contributed by atoms with Crippen LogP contribution in [0.15, 0.2) is 52.8 Å². The van der Waals surface area contributed by atoms with E-state index < -0.39 is 0 Å². The van der Waals surface area contributed by atoms with Crippen molar-refractivity contribution < 1.29 is 4.79 Å². The van der Waals surface area contributed by atoms with Gasteiger partial charge in [0.2, 0.25) is 0 Å². The summed E-state index contributed by atoms with van der Waals surface area (Å²) in [5.41, 5.74) is 4.89. The number of halogens is 1. The molecule has 3 aromatic heterocycles. The second-order valence-electron chi connectivity index (χ2n) is 7.34. The van der Waals surface area contributed by atoms with E-state index in [1.807, 2.05) is 47.0 Å². The van der Waals surface area contributed by atoms with Crippen LogP contribution in [0.4, 0.5) is 5.69 Å². The molecule has 1 fully saturated rings. The molecule has 0 aliphatic carbocycles. The summed E-state index contributed by atoms with van der Waals surface area (Å²) in [4.78, 5) is 24.5. The molecule has 1 aromatic carbocycles. The van der Waals surface area contributed by atoms with Gasteiger partial charge in [0.25, 0.3) is 5.91 Å². The summed E-state index contributed by atoms with van der Waals surface area (Å²) >= 11 is 2.33. The van der Waals surface area contributed by atoms with Crippen LogP contribution in [-0.4, -0.2) is 40.4 Å². The van der Waals surface area contributed by atoms with Gasteiger partial charge in [-0.05, 0) is 56.9 Å². The second kappa shape index (κ2) is 6.98. The van der Waals surface area contributed by atoms with Crippen LogP contribution >= 0.6 is 22.6 Å². The Labute approximate surface area is 181 Å². The number of carbonyl (C=O) groups is 1. The lowest BCUT2D eigenvalue weighted by atomic mass is 10.1. The van der Waals surface area contributed by atoms with E-state index in [0.717, 1.165) is 47.3 Å². The highest BCUT2D eigenvalue weighted by Gasteiger charge is 2.26. The van der Waals surface area contributed by atoms with Crippen molar-refractivity contribution in [2.24, 2.45) is 5.92 Å². The molecule has 5 rings (SSSR count). The Morgan fingerprint density at radius 1 is 1.28 bits per heavy atom. The molecule has 7 heteroatoms. The Morgan fingerprint density at radius 3 is 2.86 bits per heavy atom. The zero-order valence-corrected chi connectivity index (χ0v) is 18.2. The first-order valence-electron chi connectivity index (χ1n) is 9.58. The normalized spacial score (nSPS) is 16.8. The Bertz CT molecular complexity index is 1290. The van der Waals surface area contributed by atoms with Gasteiger partial charge in [-0.15, -0.1) is 0 Å². The number of benzene rings is 1. The average Bonchev–Trinajstić information content (AvgIpc) is 3.37. The molecule has 1 amide bonds. The van der Waals surface area contributed by atoms with E-state index in [4.69, 9.17) is 4.98 Å². The van der Waals surface area contributed by atoms with Crippen molar-refractivity contribution >= 4 is 61.9 Å². The summed E-state index contributed by atoms with van der Waals surface area (Å²) in [7, 11) is 1.65. The van der Waals surface area contributed by atoms with Crippen LogP contribution in [0.2, 0.25) is 0 Å². The number of hydrogen-bond acceptors (Lipinski definition) is 4. The first-order chi connectivity index (χ1) is 14.1. The Hall–Kier alpha value is -2.68. The van der Waals surface area contributed by atoms with Crippen molar-refractivity contribution in [3.05, 3.63) is 58.3 Å². The topological polar surface area (TPSA) is 62.5 Å². The van der Waals surface area contributed by atoms with Crippen LogP contribution in [-0.2, 0) is 0 Å². The number of carbonyl (C=O) groups excluding carboxylic acids is 1. The molecular weight excluding hydrogens is 477 g/mol. The summed E-state index contributed by atoms with van der Waals surface area (Å²) in [5.74, 6) is 0.331. The summed E-state index contributed by atoms with van der Waals surface area (Å²) in [5, 5.41) is 3.71. The lowest BCUT2D eigenvalue weighted by molar-refractivity contribution is 0.0964. The number of hydrogen-bond donors (Lipinski definition) is 1. The maximum atomic E-state index is 12.7. The van der Waals surface area contributed by atoms with Crippen molar-refractivity contribution in [1.82, 2.24) is 19.7 Å². The van der Waals surface area contributed by atoms with Crippen molar-refractivity contribution in [2.75, 3.05) is 25.0 Å². The van der Waals surface area contributed by atoms with Crippen molar-refractivity contribution in [3.8, 4) is 0 Å². The molecule has 1 aliphatic heterocycles. The van der Waals surface area contributed by atoms with Crippen molar-refractivity contribution in [1.29, 1.82) is 0 Å². The molecule has 0 radical (unpaired) electrons.